The number of carbonyl (C=O) groups is 1. The maximum Gasteiger partial charge on any atom is 0.225 e. The van der Waals surface area contributed by atoms with Crippen molar-refractivity contribution in [1.29, 1.82) is 0 Å². The maximum atomic E-state index is 12.9. The molecule has 3 rings (SSSR count). The number of hydrogen-bond acceptors (Lipinski definition) is 4. The van der Waals surface area contributed by atoms with Gasteiger partial charge in [-0.1, -0.05) is 19.1 Å². The van der Waals surface area contributed by atoms with E-state index in [0.29, 0.717) is 13.0 Å². The number of benzene rings is 1. The molecule has 0 unspecified atom stereocenters. The van der Waals surface area contributed by atoms with Crippen LogP contribution in [-0.2, 0) is 16.0 Å². The van der Waals surface area contributed by atoms with E-state index in [-0.39, 0.29) is 42.2 Å². The third-order valence-electron chi connectivity index (χ3n) is 6.63. The molecular weight excluding hydrogens is 497 g/mol. The molecule has 2 fully saturated rings. The van der Waals surface area contributed by atoms with Crippen LogP contribution in [0.1, 0.15) is 38.2 Å². The number of rotatable bonds is 7. The van der Waals surface area contributed by atoms with Crippen molar-refractivity contribution in [1.82, 2.24) is 4.90 Å². The summed E-state index contributed by atoms with van der Waals surface area (Å²) in [6, 6.07) is 8.50. The van der Waals surface area contributed by atoms with Gasteiger partial charge in [-0.2, -0.15) is 0 Å². The van der Waals surface area contributed by atoms with Gasteiger partial charge in [0.05, 0.1) is 31.3 Å². The Morgan fingerprint density at radius 3 is 2.59 bits per heavy atom. The number of aryl methyl sites for hydroxylation is 1. The molecule has 0 bridgehead atoms. The Morgan fingerprint density at radius 1 is 1.28 bits per heavy atom. The highest BCUT2D eigenvalue weighted by Gasteiger charge is 2.50. The van der Waals surface area contributed by atoms with Gasteiger partial charge in [0, 0.05) is 15.7 Å². The van der Waals surface area contributed by atoms with E-state index in [2.05, 4.69) is 53.8 Å². The number of aliphatic hydroxyl groups excluding tert-OH is 1. The molecule has 1 amide bonds. The van der Waals surface area contributed by atoms with Crippen molar-refractivity contribution < 1.29 is 19.4 Å². The molecule has 162 valence electrons. The van der Waals surface area contributed by atoms with Crippen molar-refractivity contribution in [3.8, 4) is 0 Å². The number of carbonyl (C=O) groups excluding carboxylic acids is 1. The lowest BCUT2D eigenvalue weighted by Crippen LogP contribution is -2.43. The Balaban J connectivity index is 1.67. The van der Waals surface area contributed by atoms with E-state index in [0.717, 1.165) is 25.7 Å². The van der Waals surface area contributed by atoms with Gasteiger partial charge in [0.1, 0.15) is 0 Å². The van der Waals surface area contributed by atoms with Gasteiger partial charge < -0.3 is 19.5 Å². The van der Waals surface area contributed by atoms with E-state index in [4.69, 9.17) is 4.74 Å². The van der Waals surface area contributed by atoms with Gasteiger partial charge in [-0.05, 0) is 85.0 Å². The average Bonchev–Trinajstić information content (AvgIpc) is 3.25. The number of nitrogens with zero attached hydrogens (tertiary/aromatic N) is 1. The Hall–Kier alpha value is -0.483. The molecular formula is C22H34INO4Si. The molecule has 1 aromatic rings. The van der Waals surface area contributed by atoms with Crippen molar-refractivity contribution in [2.24, 2.45) is 5.92 Å². The Morgan fingerprint density at radius 2 is 1.97 bits per heavy atom. The van der Waals surface area contributed by atoms with Gasteiger partial charge in [-0.25, -0.2) is 0 Å². The molecule has 29 heavy (non-hydrogen) atoms. The fraction of sp³-hybridized carbons (Fsp3) is 0.682. The van der Waals surface area contributed by atoms with Gasteiger partial charge >= 0.3 is 0 Å². The first-order chi connectivity index (χ1) is 13.7. The number of amides is 1. The monoisotopic (exact) mass is 531 g/mol. The van der Waals surface area contributed by atoms with E-state index in [1.807, 2.05) is 18.0 Å². The number of aliphatic hydroxyl groups is 1. The lowest BCUT2D eigenvalue weighted by Gasteiger charge is -2.31. The maximum absolute atomic E-state index is 12.9. The molecule has 5 nitrogen and oxygen atoms in total. The minimum Gasteiger partial charge on any atom is -0.432 e. The van der Waals surface area contributed by atoms with E-state index in [1.54, 1.807) is 0 Å². The Labute approximate surface area is 189 Å². The number of hydrogen-bond donors (Lipinski definition) is 2. The van der Waals surface area contributed by atoms with Crippen LogP contribution in [0.3, 0.4) is 0 Å². The van der Waals surface area contributed by atoms with Crippen LogP contribution in [0.4, 0.5) is 0 Å². The van der Waals surface area contributed by atoms with E-state index in [9.17, 15) is 14.7 Å². The van der Waals surface area contributed by atoms with Crippen LogP contribution < -0.4 is 0 Å². The summed E-state index contributed by atoms with van der Waals surface area (Å²) < 4.78 is 7.65. The van der Waals surface area contributed by atoms with Crippen LogP contribution in [0.25, 0.3) is 0 Å². The van der Waals surface area contributed by atoms with Crippen LogP contribution in [0.15, 0.2) is 24.3 Å². The Kier molecular flexibility index (Phi) is 7.81. The molecule has 2 saturated heterocycles. The van der Waals surface area contributed by atoms with Crippen LogP contribution in [-0.4, -0.2) is 60.4 Å². The van der Waals surface area contributed by atoms with Gasteiger partial charge in [0.25, 0.3) is 0 Å². The van der Waals surface area contributed by atoms with E-state index >= 15 is 0 Å². The smallest absolute Gasteiger partial charge is 0.225 e. The number of ether oxygens (including phenoxy) is 1. The first kappa shape index (κ1) is 23.2. The molecule has 2 heterocycles. The third-order valence-corrected chi connectivity index (χ3v) is 9.88. The van der Waals surface area contributed by atoms with Gasteiger partial charge in [0.15, 0.2) is 8.32 Å². The van der Waals surface area contributed by atoms with Gasteiger partial charge in [-0.15, -0.1) is 0 Å². The molecule has 0 aliphatic carbocycles. The van der Waals surface area contributed by atoms with Crippen molar-refractivity contribution in [3.05, 3.63) is 33.4 Å². The molecule has 2 N–H and O–H groups in total. The topological polar surface area (TPSA) is 70.0 Å². The highest BCUT2D eigenvalue weighted by molar-refractivity contribution is 14.1. The van der Waals surface area contributed by atoms with Crippen molar-refractivity contribution >= 4 is 36.8 Å². The number of likely N-dealkylation sites (tertiary alicyclic amines) is 1. The largest absolute Gasteiger partial charge is 0.432 e. The van der Waals surface area contributed by atoms with Crippen LogP contribution in [0, 0.1) is 9.49 Å². The van der Waals surface area contributed by atoms with E-state index < -0.39 is 8.32 Å². The zero-order valence-electron chi connectivity index (χ0n) is 17.7. The van der Waals surface area contributed by atoms with Crippen molar-refractivity contribution in [3.63, 3.8) is 0 Å². The summed E-state index contributed by atoms with van der Waals surface area (Å²) in [5.74, 6) is 0.288. The SMILES string of the molecule is C[C@H]1[C@H]([Si](C)(C)O)[C@@H](CC(=O)N2CCC[C@H]2CO)O[C@H]1CCc1ccc(I)cc1. The molecule has 0 aromatic heterocycles. The highest BCUT2D eigenvalue weighted by atomic mass is 127. The minimum atomic E-state index is -2.49. The highest BCUT2D eigenvalue weighted by Crippen LogP contribution is 2.45. The molecule has 1 aromatic carbocycles. The second kappa shape index (κ2) is 9.76. The zero-order valence-corrected chi connectivity index (χ0v) is 20.8. The van der Waals surface area contributed by atoms with Gasteiger partial charge in [-0.3, -0.25) is 4.79 Å². The van der Waals surface area contributed by atoms with E-state index in [1.165, 1.54) is 9.13 Å². The fourth-order valence-corrected chi connectivity index (χ4v) is 8.18. The Bertz CT molecular complexity index is 693. The van der Waals surface area contributed by atoms with Crippen molar-refractivity contribution in [2.75, 3.05) is 13.2 Å². The lowest BCUT2D eigenvalue weighted by molar-refractivity contribution is -0.135. The first-order valence-corrected chi connectivity index (χ1v) is 14.8. The first-order valence-electron chi connectivity index (χ1n) is 10.7. The molecule has 0 radical (unpaired) electrons. The van der Waals surface area contributed by atoms with Crippen molar-refractivity contribution in [2.45, 2.75) is 75.9 Å². The summed E-state index contributed by atoms with van der Waals surface area (Å²) in [6.07, 6.45) is 3.78. The second-order valence-electron chi connectivity index (χ2n) is 9.19. The molecule has 2 aliphatic heterocycles. The second-order valence-corrected chi connectivity index (χ2v) is 14.4. The summed E-state index contributed by atoms with van der Waals surface area (Å²) >= 11 is 2.31. The normalized spacial score (nSPS) is 30.1. The summed E-state index contributed by atoms with van der Waals surface area (Å²) in [5, 5.41) is 9.55. The minimum absolute atomic E-state index is 0.0238. The third kappa shape index (κ3) is 5.61. The van der Waals surface area contributed by atoms with Crippen LogP contribution >= 0.6 is 22.6 Å². The predicted octanol–water partition coefficient (Wildman–Crippen LogP) is 3.57. The molecule has 7 heteroatoms. The number of halogens is 1. The summed E-state index contributed by atoms with van der Waals surface area (Å²) in [5.41, 5.74) is 1.34. The van der Waals surface area contributed by atoms with Crippen LogP contribution in [0.5, 0.6) is 0 Å². The zero-order chi connectivity index (χ0) is 21.2. The summed E-state index contributed by atoms with van der Waals surface area (Å²) in [7, 11) is -2.49. The summed E-state index contributed by atoms with van der Waals surface area (Å²) in [6.45, 7) is 6.83. The quantitative estimate of drug-likeness (QED) is 0.417. The molecule has 0 saturated carbocycles. The molecule has 0 spiro atoms. The van der Waals surface area contributed by atoms with Crippen LogP contribution in [0.2, 0.25) is 18.6 Å². The molecule has 2 aliphatic rings. The predicted molar refractivity (Wildman–Crippen MR) is 125 cm³/mol. The lowest BCUT2D eigenvalue weighted by atomic mass is 9.95. The molecule has 5 atom stereocenters. The average molecular weight is 532 g/mol. The van der Waals surface area contributed by atoms with Gasteiger partial charge in [0.2, 0.25) is 5.91 Å². The summed E-state index contributed by atoms with van der Waals surface area (Å²) in [4.78, 5) is 25.7. The standard InChI is InChI=1S/C22H34INO4Si/c1-15-19(11-8-16-6-9-17(23)10-7-16)28-20(22(15)29(2,3)27)13-21(26)24-12-4-5-18(24)14-25/h6-7,9-10,15,18-20,22,25,27H,4-5,8,11-14H2,1-3H3/t15-,18+,19+,20-,22+/m1/s1. The fourth-order valence-electron chi connectivity index (χ4n) is 5.21.